The molecule has 0 bridgehead atoms. The number of nitrogens with one attached hydrogen (secondary N) is 1. The molecule has 1 saturated carbocycles. The van der Waals surface area contributed by atoms with Crippen molar-refractivity contribution >= 4 is 5.97 Å². The first-order valence-electron chi connectivity index (χ1n) is 6.98. The van der Waals surface area contributed by atoms with E-state index in [0.717, 1.165) is 24.8 Å². The predicted octanol–water partition coefficient (Wildman–Crippen LogP) is 2.74. The summed E-state index contributed by atoms with van der Waals surface area (Å²) in [5, 5.41) is 3.31. The van der Waals surface area contributed by atoms with Gasteiger partial charge in [-0.05, 0) is 37.6 Å². The molecule has 17 heavy (non-hydrogen) atoms. The first-order chi connectivity index (χ1) is 8.17. The van der Waals surface area contributed by atoms with Crippen LogP contribution < -0.4 is 5.32 Å². The van der Waals surface area contributed by atoms with Crippen molar-refractivity contribution in [3.8, 4) is 0 Å². The van der Waals surface area contributed by atoms with Crippen molar-refractivity contribution in [2.75, 3.05) is 13.7 Å². The number of rotatable bonds is 6. The van der Waals surface area contributed by atoms with E-state index >= 15 is 0 Å². The summed E-state index contributed by atoms with van der Waals surface area (Å²) in [7, 11) is 1.45. The number of hydrogen-bond donors (Lipinski definition) is 1. The molecule has 0 radical (unpaired) electrons. The minimum Gasteiger partial charge on any atom is -0.468 e. The zero-order valence-corrected chi connectivity index (χ0v) is 11.5. The van der Waals surface area contributed by atoms with Gasteiger partial charge in [0.15, 0.2) is 0 Å². The fraction of sp³-hybridized carbons (Fsp3) is 0.929. The first kappa shape index (κ1) is 14.5. The van der Waals surface area contributed by atoms with Crippen LogP contribution in [0.3, 0.4) is 0 Å². The molecule has 1 fully saturated rings. The van der Waals surface area contributed by atoms with Crippen LogP contribution in [0.2, 0.25) is 0 Å². The van der Waals surface area contributed by atoms with Crippen LogP contribution in [0.5, 0.6) is 0 Å². The molecule has 3 unspecified atom stereocenters. The van der Waals surface area contributed by atoms with Crippen molar-refractivity contribution in [2.24, 2.45) is 11.8 Å². The molecule has 1 N–H and O–H groups in total. The van der Waals surface area contributed by atoms with Gasteiger partial charge in [-0.3, -0.25) is 4.79 Å². The molecule has 0 aromatic carbocycles. The van der Waals surface area contributed by atoms with Crippen LogP contribution >= 0.6 is 0 Å². The second kappa shape index (κ2) is 7.70. The van der Waals surface area contributed by atoms with Gasteiger partial charge in [-0.25, -0.2) is 0 Å². The van der Waals surface area contributed by atoms with Gasteiger partial charge < -0.3 is 10.1 Å². The normalized spacial score (nSPS) is 26.5. The number of carbonyl (C=O) groups excluding carboxylic acids is 1. The maximum absolute atomic E-state index is 11.4. The van der Waals surface area contributed by atoms with E-state index in [9.17, 15) is 4.79 Å². The fourth-order valence-electron chi connectivity index (χ4n) is 2.82. The van der Waals surface area contributed by atoms with E-state index in [0.29, 0.717) is 0 Å². The van der Waals surface area contributed by atoms with E-state index in [2.05, 4.69) is 12.2 Å². The summed E-state index contributed by atoms with van der Waals surface area (Å²) in [5.74, 6) is 1.60. The highest BCUT2D eigenvalue weighted by molar-refractivity contribution is 5.75. The molecule has 0 heterocycles. The molecular weight excluding hydrogens is 214 g/mol. The van der Waals surface area contributed by atoms with Crippen LogP contribution in [0.25, 0.3) is 0 Å². The second-order valence-corrected chi connectivity index (χ2v) is 5.36. The Morgan fingerprint density at radius 2 is 2.24 bits per heavy atom. The summed E-state index contributed by atoms with van der Waals surface area (Å²) in [6, 6.07) is -0.124. The molecule has 1 aliphatic rings. The Morgan fingerprint density at radius 3 is 2.82 bits per heavy atom. The lowest BCUT2D eigenvalue weighted by molar-refractivity contribution is -0.143. The molecule has 0 aromatic rings. The number of esters is 1. The molecule has 0 aliphatic heterocycles. The van der Waals surface area contributed by atoms with Crippen molar-refractivity contribution < 1.29 is 9.53 Å². The van der Waals surface area contributed by atoms with Crippen LogP contribution in [-0.2, 0) is 9.53 Å². The third-order valence-corrected chi connectivity index (χ3v) is 3.88. The fourth-order valence-corrected chi connectivity index (χ4v) is 2.82. The van der Waals surface area contributed by atoms with E-state index in [1.807, 2.05) is 6.92 Å². The van der Waals surface area contributed by atoms with Gasteiger partial charge in [-0.1, -0.05) is 33.1 Å². The number of ether oxygens (including phenoxy) is 1. The Balaban J connectivity index is 2.19. The predicted molar refractivity (Wildman–Crippen MR) is 69.8 cm³/mol. The van der Waals surface area contributed by atoms with Crippen molar-refractivity contribution in [1.29, 1.82) is 0 Å². The van der Waals surface area contributed by atoms with Gasteiger partial charge in [0.05, 0.1) is 7.11 Å². The number of hydrogen-bond acceptors (Lipinski definition) is 3. The molecule has 0 aromatic heterocycles. The summed E-state index contributed by atoms with van der Waals surface area (Å²) in [6.07, 6.45) is 7.48. The Bertz CT molecular complexity index is 230. The summed E-state index contributed by atoms with van der Waals surface area (Å²) < 4.78 is 4.76. The summed E-state index contributed by atoms with van der Waals surface area (Å²) >= 11 is 0. The second-order valence-electron chi connectivity index (χ2n) is 5.36. The summed E-state index contributed by atoms with van der Waals surface area (Å²) in [4.78, 5) is 11.4. The highest BCUT2D eigenvalue weighted by Crippen LogP contribution is 2.30. The monoisotopic (exact) mass is 241 g/mol. The zero-order chi connectivity index (χ0) is 12.7. The quantitative estimate of drug-likeness (QED) is 0.727. The van der Waals surface area contributed by atoms with Crippen LogP contribution in [0.4, 0.5) is 0 Å². The Morgan fingerprint density at radius 1 is 1.47 bits per heavy atom. The zero-order valence-electron chi connectivity index (χ0n) is 11.5. The lowest BCUT2D eigenvalue weighted by Gasteiger charge is -2.27. The van der Waals surface area contributed by atoms with Crippen molar-refractivity contribution in [1.82, 2.24) is 5.32 Å². The van der Waals surface area contributed by atoms with Gasteiger partial charge in [-0.15, -0.1) is 0 Å². The first-order valence-corrected chi connectivity index (χ1v) is 6.98. The topological polar surface area (TPSA) is 38.3 Å². The van der Waals surface area contributed by atoms with E-state index in [4.69, 9.17) is 4.74 Å². The van der Waals surface area contributed by atoms with E-state index in [1.165, 1.54) is 39.2 Å². The SMILES string of the molecule is CCC(NCCC1CCCC(C)C1)C(=O)OC. The Kier molecular flexibility index (Phi) is 6.56. The minimum atomic E-state index is -0.135. The molecule has 100 valence electrons. The maximum Gasteiger partial charge on any atom is 0.322 e. The lowest BCUT2D eigenvalue weighted by atomic mass is 9.81. The highest BCUT2D eigenvalue weighted by atomic mass is 16.5. The Hall–Kier alpha value is -0.570. The van der Waals surface area contributed by atoms with Gasteiger partial charge in [0.25, 0.3) is 0 Å². The largest absolute Gasteiger partial charge is 0.468 e. The molecule has 1 aliphatic carbocycles. The average Bonchev–Trinajstić information content (AvgIpc) is 2.34. The van der Waals surface area contributed by atoms with E-state index in [1.54, 1.807) is 0 Å². The number of methoxy groups -OCH3 is 1. The molecule has 3 atom stereocenters. The van der Waals surface area contributed by atoms with Crippen LogP contribution in [-0.4, -0.2) is 25.7 Å². The van der Waals surface area contributed by atoms with Crippen LogP contribution in [0.1, 0.15) is 52.4 Å². The third kappa shape index (κ3) is 5.07. The summed E-state index contributed by atoms with van der Waals surface area (Å²) in [6.45, 7) is 5.30. The van der Waals surface area contributed by atoms with Crippen LogP contribution in [0.15, 0.2) is 0 Å². The molecule has 3 nitrogen and oxygen atoms in total. The number of carbonyl (C=O) groups is 1. The molecule has 0 amide bonds. The molecule has 3 heteroatoms. The minimum absolute atomic E-state index is 0.124. The van der Waals surface area contributed by atoms with Crippen molar-refractivity contribution in [2.45, 2.75) is 58.4 Å². The smallest absolute Gasteiger partial charge is 0.322 e. The third-order valence-electron chi connectivity index (χ3n) is 3.88. The van der Waals surface area contributed by atoms with Gasteiger partial charge in [0, 0.05) is 0 Å². The molecule has 0 spiro atoms. The Labute approximate surface area is 105 Å². The molecule has 1 rings (SSSR count). The van der Waals surface area contributed by atoms with Gasteiger partial charge in [0.2, 0.25) is 0 Å². The molecule has 0 saturated heterocycles. The summed E-state index contributed by atoms with van der Waals surface area (Å²) in [5.41, 5.74) is 0. The van der Waals surface area contributed by atoms with E-state index < -0.39 is 0 Å². The van der Waals surface area contributed by atoms with Gasteiger partial charge >= 0.3 is 5.97 Å². The van der Waals surface area contributed by atoms with E-state index in [-0.39, 0.29) is 12.0 Å². The van der Waals surface area contributed by atoms with Crippen LogP contribution in [0, 0.1) is 11.8 Å². The van der Waals surface area contributed by atoms with Crippen molar-refractivity contribution in [3.05, 3.63) is 0 Å². The lowest BCUT2D eigenvalue weighted by Crippen LogP contribution is -2.38. The van der Waals surface area contributed by atoms with Gasteiger partial charge in [0.1, 0.15) is 6.04 Å². The average molecular weight is 241 g/mol. The van der Waals surface area contributed by atoms with Gasteiger partial charge in [-0.2, -0.15) is 0 Å². The standard InChI is InChI=1S/C14H27NO2/c1-4-13(14(16)17-3)15-9-8-12-7-5-6-11(2)10-12/h11-13,15H,4-10H2,1-3H3. The maximum atomic E-state index is 11.4. The van der Waals surface area contributed by atoms with Crippen molar-refractivity contribution in [3.63, 3.8) is 0 Å². The molecular formula is C14H27NO2. The highest BCUT2D eigenvalue weighted by Gasteiger charge is 2.20.